The minimum atomic E-state index is -0.0322. The van der Waals surface area contributed by atoms with Crippen molar-refractivity contribution in [3.8, 4) is 5.75 Å². The number of pyridine rings is 1. The maximum Gasteiger partial charge on any atom is 0.224 e. The Hall–Kier alpha value is -2.08. The molecule has 1 aromatic carbocycles. The summed E-state index contributed by atoms with van der Waals surface area (Å²) in [5.41, 5.74) is 6.14. The molecule has 2 rings (SSSR count). The van der Waals surface area contributed by atoms with Gasteiger partial charge in [-0.1, -0.05) is 15.9 Å². The summed E-state index contributed by atoms with van der Waals surface area (Å²) in [5, 5.41) is 2.78. The lowest BCUT2D eigenvalue weighted by molar-refractivity contribution is -0.116. The van der Waals surface area contributed by atoms with Crippen LogP contribution in [0.3, 0.4) is 0 Å². The van der Waals surface area contributed by atoms with Gasteiger partial charge in [-0.25, -0.2) is 4.98 Å². The average molecular weight is 364 g/mol. The Balaban J connectivity index is 1.61. The number of nitrogen functional groups attached to an aromatic ring is 1. The molecule has 1 aromatic heterocycles. The number of hydrogen-bond acceptors (Lipinski definition) is 4. The van der Waals surface area contributed by atoms with Gasteiger partial charge in [0, 0.05) is 10.9 Å². The highest BCUT2D eigenvalue weighted by Gasteiger charge is 2.03. The fraction of sp³-hybridized carbons (Fsp3) is 0.250. The molecule has 0 aliphatic carbocycles. The minimum Gasteiger partial charge on any atom is -0.494 e. The van der Waals surface area contributed by atoms with Gasteiger partial charge >= 0.3 is 0 Å². The molecule has 0 atom stereocenters. The molecule has 0 saturated carbocycles. The highest BCUT2D eigenvalue weighted by molar-refractivity contribution is 9.10. The molecule has 22 heavy (non-hydrogen) atoms. The van der Waals surface area contributed by atoms with Crippen molar-refractivity contribution in [1.82, 2.24) is 4.98 Å². The van der Waals surface area contributed by atoms with E-state index in [1.165, 1.54) is 0 Å². The number of carbonyl (C=O) groups excluding carboxylic acids is 1. The van der Waals surface area contributed by atoms with Gasteiger partial charge in [-0.05, 0) is 49.2 Å². The molecule has 0 aliphatic heterocycles. The second-order valence-electron chi connectivity index (χ2n) is 4.78. The van der Waals surface area contributed by atoms with Crippen LogP contribution in [0.2, 0.25) is 0 Å². The molecule has 0 bridgehead atoms. The first kappa shape index (κ1) is 16.3. The third-order valence-corrected chi connectivity index (χ3v) is 3.48. The molecule has 3 N–H and O–H groups in total. The number of nitrogens with two attached hydrogens (primary N) is 1. The standard InChI is InChI=1S/C16H18BrN3O2/c17-12-4-7-14(8-5-12)22-10-2-1-3-16(21)20-13-6-9-15(18)19-11-13/h4-9,11H,1-3,10H2,(H2,18,19)(H,20,21). The van der Waals surface area contributed by atoms with Gasteiger partial charge in [0.1, 0.15) is 11.6 Å². The van der Waals surface area contributed by atoms with Gasteiger partial charge in [-0.15, -0.1) is 0 Å². The van der Waals surface area contributed by atoms with Crippen molar-refractivity contribution >= 4 is 33.3 Å². The second kappa shape index (κ2) is 8.38. The van der Waals surface area contributed by atoms with Crippen LogP contribution in [0.15, 0.2) is 47.1 Å². The van der Waals surface area contributed by atoms with E-state index in [1.807, 2.05) is 24.3 Å². The number of aromatic nitrogens is 1. The Morgan fingerprint density at radius 2 is 1.95 bits per heavy atom. The van der Waals surface area contributed by atoms with Gasteiger partial charge < -0.3 is 15.8 Å². The Morgan fingerprint density at radius 1 is 1.18 bits per heavy atom. The smallest absolute Gasteiger partial charge is 0.224 e. The van der Waals surface area contributed by atoms with E-state index >= 15 is 0 Å². The van der Waals surface area contributed by atoms with E-state index in [0.717, 1.165) is 23.1 Å². The van der Waals surface area contributed by atoms with Crippen LogP contribution >= 0.6 is 15.9 Å². The first-order valence-corrected chi connectivity index (χ1v) is 7.82. The quantitative estimate of drug-likeness (QED) is 0.736. The number of nitrogens with one attached hydrogen (secondary N) is 1. The number of nitrogens with zero attached hydrogens (tertiary/aromatic N) is 1. The summed E-state index contributed by atoms with van der Waals surface area (Å²) >= 11 is 3.37. The van der Waals surface area contributed by atoms with Crippen LogP contribution in [0, 0.1) is 0 Å². The molecule has 0 aliphatic rings. The van der Waals surface area contributed by atoms with Crippen LogP contribution < -0.4 is 15.8 Å². The van der Waals surface area contributed by atoms with Crippen molar-refractivity contribution in [3.05, 3.63) is 47.1 Å². The monoisotopic (exact) mass is 363 g/mol. The molecule has 2 aromatic rings. The third-order valence-electron chi connectivity index (χ3n) is 2.95. The van der Waals surface area contributed by atoms with Crippen LogP contribution in [0.1, 0.15) is 19.3 Å². The predicted molar refractivity (Wildman–Crippen MR) is 90.8 cm³/mol. The molecular weight excluding hydrogens is 346 g/mol. The summed E-state index contributed by atoms with van der Waals surface area (Å²) in [4.78, 5) is 15.7. The Morgan fingerprint density at radius 3 is 2.64 bits per heavy atom. The number of ether oxygens (including phenoxy) is 1. The number of amides is 1. The summed E-state index contributed by atoms with van der Waals surface area (Å²) < 4.78 is 6.62. The average Bonchev–Trinajstić information content (AvgIpc) is 2.51. The minimum absolute atomic E-state index is 0.0322. The van der Waals surface area contributed by atoms with E-state index in [9.17, 15) is 4.79 Å². The van der Waals surface area contributed by atoms with E-state index in [-0.39, 0.29) is 5.91 Å². The predicted octanol–water partition coefficient (Wildman–Crippen LogP) is 3.61. The zero-order chi connectivity index (χ0) is 15.8. The molecule has 6 heteroatoms. The lowest BCUT2D eigenvalue weighted by Crippen LogP contribution is -2.12. The lowest BCUT2D eigenvalue weighted by atomic mass is 10.2. The van der Waals surface area contributed by atoms with Crippen LogP contribution in [0.5, 0.6) is 5.75 Å². The molecule has 0 unspecified atom stereocenters. The van der Waals surface area contributed by atoms with E-state index < -0.39 is 0 Å². The number of hydrogen-bond donors (Lipinski definition) is 2. The number of anilines is 2. The Kier molecular flexibility index (Phi) is 6.21. The van der Waals surface area contributed by atoms with Gasteiger partial charge in [-0.2, -0.15) is 0 Å². The van der Waals surface area contributed by atoms with Crippen molar-refractivity contribution in [2.75, 3.05) is 17.7 Å². The van der Waals surface area contributed by atoms with Crippen molar-refractivity contribution in [2.24, 2.45) is 0 Å². The summed E-state index contributed by atoms with van der Waals surface area (Å²) in [6.07, 6.45) is 3.59. The first-order chi connectivity index (χ1) is 10.6. The molecule has 116 valence electrons. The van der Waals surface area contributed by atoms with Crippen molar-refractivity contribution in [2.45, 2.75) is 19.3 Å². The number of unbranched alkanes of at least 4 members (excludes halogenated alkanes) is 1. The zero-order valence-corrected chi connectivity index (χ0v) is 13.7. The summed E-state index contributed by atoms with van der Waals surface area (Å²) in [6, 6.07) is 11.1. The summed E-state index contributed by atoms with van der Waals surface area (Å²) in [7, 11) is 0. The van der Waals surface area contributed by atoms with Gasteiger partial charge in [0.25, 0.3) is 0 Å². The highest BCUT2D eigenvalue weighted by atomic mass is 79.9. The molecule has 0 radical (unpaired) electrons. The van der Waals surface area contributed by atoms with Gasteiger partial charge in [0.05, 0.1) is 18.5 Å². The van der Waals surface area contributed by atoms with Crippen molar-refractivity contribution in [3.63, 3.8) is 0 Å². The molecular formula is C16H18BrN3O2. The molecule has 1 heterocycles. The fourth-order valence-electron chi connectivity index (χ4n) is 1.81. The van der Waals surface area contributed by atoms with E-state index in [2.05, 4.69) is 26.2 Å². The van der Waals surface area contributed by atoms with Gasteiger partial charge in [-0.3, -0.25) is 4.79 Å². The van der Waals surface area contributed by atoms with Crippen LogP contribution in [-0.2, 0) is 4.79 Å². The van der Waals surface area contributed by atoms with Crippen LogP contribution in [0.4, 0.5) is 11.5 Å². The van der Waals surface area contributed by atoms with Crippen LogP contribution in [-0.4, -0.2) is 17.5 Å². The van der Waals surface area contributed by atoms with Crippen molar-refractivity contribution in [1.29, 1.82) is 0 Å². The SMILES string of the molecule is Nc1ccc(NC(=O)CCCCOc2ccc(Br)cc2)cn1. The number of carbonyl (C=O) groups is 1. The number of rotatable bonds is 7. The maximum atomic E-state index is 11.8. The molecule has 0 fully saturated rings. The number of halogens is 1. The first-order valence-electron chi connectivity index (χ1n) is 7.03. The Labute approximate surface area is 138 Å². The number of benzene rings is 1. The largest absolute Gasteiger partial charge is 0.494 e. The van der Waals surface area contributed by atoms with Crippen LogP contribution in [0.25, 0.3) is 0 Å². The fourth-order valence-corrected chi connectivity index (χ4v) is 2.08. The van der Waals surface area contributed by atoms with Gasteiger partial charge in [0.15, 0.2) is 0 Å². The Bertz CT molecular complexity index is 600. The summed E-state index contributed by atoms with van der Waals surface area (Å²) in [6.45, 7) is 0.596. The lowest BCUT2D eigenvalue weighted by Gasteiger charge is -2.07. The normalized spacial score (nSPS) is 10.2. The van der Waals surface area contributed by atoms with E-state index in [1.54, 1.807) is 18.3 Å². The molecule has 0 spiro atoms. The molecule has 1 amide bonds. The highest BCUT2D eigenvalue weighted by Crippen LogP contribution is 2.16. The van der Waals surface area contributed by atoms with E-state index in [0.29, 0.717) is 24.5 Å². The van der Waals surface area contributed by atoms with Crippen molar-refractivity contribution < 1.29 is 9.53 Å². The molecule has 0 saturated heterocycles. The summed E-state index contributed by atoms with van der Waals surface area (Å²) in [5.74, 6) is 1.24. The second-order valence-corrected chi connectivity index (χ2v) is 5.70. The van der Waals surface area contributed by atoms with E-state index in [4.69, 9.17) is 10.5 Å². The maximum absolute atomic E-state index is 11.8. The topological polar surface area (TPSA) is 77.2 Å². The zero-order valence-electron chi connectivity index (χ0n) is 12.1. The van der Waals surface area contributed by atoms with Gasteiger partial charge in [0.2, 0.25) is 5.91 Å². The third kappa shape index (κ3) is 5.73. The molecule has 5 nitrogen and oxygen atoms in total.